The van der Waals surface area contributed by atoms with Crippen LogP contribution in [-0.4, -0.2) is 37.2 Å². The Kier molecular flexibility index (Phi) is 51.5. The van der Waals surface area contributed by atoms with Crippen molar-refractivity contribution in [2.24, 2.45) is 0 Å². The zero-order chi connectivity index (χ0) is 48.6. The highest BCUT2D eigenvalue weighted by Gasteiger charge is 2.19. The van der Waals surface area contributed by atoms with Crippen LogP contribution in [0.15, 0.2) is 109 Å². The molecular formula is C61H100O6. The molecule has 1 atom stereocenters. The lowest BCUT2D eigenvalue weighted by molar-refractivity contribution is -0.167. The van der Waals surface area contributed by atoms with Gasteiger partial charge in [0.25, 0.3) is 0 Å². The van der Waals surface area contributed by atoms with E-state index in [0.717, 1.165) is 116 Å². The fourth-order valence-corrected chi connectivity index (χ4v) is 7.25. The Labute approximate surface area is 412 Å². The first kappa shape index (κ1) is 63.1. The van der Waals surface area contributed by atoms with E-state index in [2.05, 4.69) is 106 Å². The molecule has 0 aliphatic heterocycles. The lowest BCUT2D eigenvalue weighted by Crippen LogP contribution is -2.30. The standard InChI is InChI=1S/C61H100O6/c1-4-7-10-13-16-19-22-25-28-30-32-33-36-39-42-45-48-51-54-60(63)66-57-58(56-65-59(62)53-50-47-44-41-38-35-27-24-21-18-15-12-9-6-3)67-61(64)55-52-49-46-43-40-37-34-31-29-26-23-20-17-14-11-8-5-2/h9-10,12-13,16-22,25-26,28-30,32-33,58H,4-8,11,14-15,23-24,27,31,34-57H2,1-3H3/b12-9-,13-10-,19-16-,20-17-,21-18-,25-22-,29-26-,30-28-,33-32-. The van der Waals surface area contributed by atoms with Gasteiger partial charge in [-0.2, -0.15) is 0 Å². The van der Waals surface area contributed by atoms with Crippen LogP contribution in [0, 0.1) is 0 Å². The number of hydrogen-bond donors (Lipinski definition) is 0. The van der Waals surface area contributed by atoms with E-state index in [1.807, 2.05) is 24.3 Å². The number of carbonyl (C=O) groups excluding carboxylic acids is 3. The van der Waals surface area contributed by atoms with Gasteiger partial charge in [-0.15, -0.1) is 0 Å². The summed E-state index contributed by atoms with van der Waals surface area (Å²) in [7, 11) is 0. The molecule has 0 aromatic rings. The van der Waals surface area contributed by atoms with Crippen molar-refractivity contribution in [2.75, 3.05) is 13.2 Å². The molecule has 0 rings (SSSR count). The summed E-state index contributed by atoms with van der Waals surface area (Å²) in [6, 6.07) is 0. The van der Waals surface area contributed by atoms with E-state index in [1.54, 1.807) is 0 Å². The highest BCUT2D eigenvalue weighted by atomic mass is 16.6. The Morgan fingerprint density at radius 3 is 1.09 bits per heavy atom. The number of carbonyl (C=O) groups is 3. The molecule has 0 radical (unpaired) electrons. The number of hydrogen-bond acceptors (Lipinski definition) is 6. The van der Waals surface area contributed by atoms with Gasteiger partial charge in [-0.25, -0.2) is 0 Å². The third-order valence-corrected chi connectivity index (χ3v) is 11.3. The molecule has 6 nitrogen and oxygen atoms in total. The van der Waals surface area contributed by atoms with Gasteiger partial charge in [0.05, 0.1) is 0 Å². The first-order valence-corrected chi connectivity index (χ1v) is 27.5. The molecule has 380 valence electrons. The fraction of sp³-hybridized carbons (Fsp3) is 0.656. The number of esters is 3. The first-order chi connectivity index (χ1) is 33.0. The van der Waals surface area contributed by atoms with Crippen LogP contribution in [0.25, 0.3) is 0 Å². The molecule has 0 saturated carbocycles. The van der Waals surface area contributed by atoms with Crippen molar-refractivity contribution in [3.8, 4) is 0 Å². The van der Waals surface area contributed by atoms with Crippen LogP contribution in [0.5, 0.6) is 0 Å². The monoisotopic (exact) mass is 929 g/mol. The van der Waals surface area contributed by atoms with Crippen LogP contribution in [0.2, 0.25) is 0 Å². The van der Waals surface area contributed by atoms with E-state index < -0.39 is 6.10 Å². The largest absolute Gasteiger partial charge is 0.462 e. The van der Waals surface area contributed by atoms with Gasteiger partial charge in [0, 0.05) is 19.3 Å². The Morgan fingerprint density at radius 2 is 0.672 bits per heavy atom. The summed E-state index contributed by atoms with van der Waals surface area (Å²) in [5.74, 6) is -0.938. The minimum absolute atomic E-state index is 0.0958. The molecule has 0 spiro atoms. The van der Waals surface area contributed by atoms with Crippen LogP contribution in [0.4, 0.5) is 0 Å². The summed E-state index contributed by atoms with van der Waals surface area (Å²) in [6.07, 6.45) is 73.5. The van der Waals surface area contributed by atoms with Crippen molar-refractivity contribution in [1.82, 2.24) is 0 Å². The zero-order valence-corrected chi connectivity index (χ0v) is 43.4. The smallest absolute Gasteiger partial charge is 0.306 e. The van der Waals surface area contributed by atoms with Gasteiger partial charge in [-0.1, -0.05) is 233 Å². The van der Waals surface area contributed by atoms with Gasteiger partial charge >= 0.3 is 17.9 Å². The third-order valence-electron chi connectivity index (χ3n) is 11.3. The van der Waals surface area contributed by atoms with E-state index in [4.69, 9.17) is 14.2 Å². The fourth-order valence-electron chi connectivity index (χ4n) is 7.25. The second-order valence-corrected chi connectivity index (χ2v) is 17.9. The topological polar surface area (TPSA) is 78.9 Å². The van der Waals surface area contributed by atoms with Gasteiger partial charge in [0.2, 0.25) is 0 Å². The van der Waals surface area contributed by atoms with E-state index in [-0.39, 0.29) is 31.1 Å². The number of rotatable bonds is 48. The van der Waals surface area contributed by atoms with Crippen molar-refractivity contribution in [2.45, 2.75) is 245 Å². The SMILES string of the molecule is CC/C=C\C/C=C\CCCCCCCCCC(=O)OCC(COC(=O)CCCCCCC\C=C/C=C\C=C/C=C\C=C/CCC)OC(=O)CCCCCCCCC/C=C\C/C=C\CCCCC. The molecule has 0 amide bonds. The third kappa shape index (κ3) is 52.9. The maximum absolute atomic E-state index is 12.8. The summed E-state index contributed by atoms with van der Waals surface area (Å²) in [4.78, 5) is 38.1. The second-order valence-electron chi connectivity index (χ2n) is 17.9. The van der Waals surface area contributed by atoms with Crippen molar-refractivity contribution in [1.29, 1.82) is 0 Å². The van der Waals surface area contributed by atoms with Crippen LogP contribution in [-0.2, 0) is 28.6 Å². The minimum Gasteiger partial charge on any atom is -0.462 e. The minimum atomic E-state index is -0.799. The van der Waals surface area contributed by atoms with Gasteiger partial charge in [-0.05, 0) is 96.3 Å². The predicted octanol–water partition coefficient (Wildman–Crippen LogP) is 18.3. The number of allylic oxidation sites excluding steroid dienone is 18. The van der Waals surface area contributed by atoms with Crippen molar-refractivity contribution in [3.63, 3.8) is 0 Å². The predicted molar refractivity (Wildman–Crippen MR) is 288 cm³/mol. The van der Waals surface area contributed by atoms with E-state index >= 15 is 0 Å². The molecule has 0 aromatic heterocycles. The highest BCUT2D eigenvalue weighted by molar-refractivity contribution is 5.71. The highest BCUT2D eigenvalue weighted by Crippen LogP contribution is 2.14. The zero-order valence-electron chi connectivity index (χ0n) is 43.4. The van der Waals surface area contributed by atoms with Crippen LogP contribution in [0.1, 0.15) is 239 Å². The molecule has 0 heterocycles. The van der Waals surface area contributed by atoms with Crippen LogP contribution < -0.4 is 0 Å². The summed E-state index contributed by atoms with van der Waals surface area (Å²) in [5.41, 5.74) is 0. The Bertz CT molecular complexity index is 1390. The van der Waals surface area contributed by atoms with Crippen molar-refractivity contribution >= 4 is 17.9 Å². The van der Waals surface area contributed by atoms with Crippen molar-refractivity contribution < 1.29 is 28.6 Å². The molecule has 0 fully saturated rings. The first-order valence-electron chi connectivity index (χ1n) is 27.5. The summed E-state index contributed by atoms with van der Waals surface area (Å²) >= 11 is 0. The molecule has 0 saturated heterocycles. The molecule has 0 aromatic carbocycles. The Morgan fingerprint density at radius 1 is 0.328 bits per heavy atom. The van der Waals surface area contributed by atoms with Gasteiger partial charge < -0.3 is 14.2 Å². The Balaban J connectivity index is 4.48. The summed E-state index contributed by atoms with van der Waals surface area (Å²) in [5, 5.41) is 0. The molecule has 0 aliphatic rings. The average Bonchev–Trinajstić information content (AvgIpc) is 3.33. The molecule has 67 heavy (non-hydrogen) atoms. The normalized spacial score (nSPS) is 12.9. The molecule has 0 N–H and O–H groups in total. The summed E-state index contributed by atoms with van der Waals surface area (Å²) < 4.78 is 16.8. The van der Waals surface area contributed by atoms with E-state index in [9.17, 15) is 14.4 Å². The molecule has 1 unspecified atom stereocenters. The maximum Gasteiger partial charge on any atom is 0.306 e. The van der Waals surface area contributed by atoms with Crippen molar-refractivity contribution in [3.05, 3.63) is 109 Å². The van der Waals surface area contributed by atoms with Gasteiger partial charge in [0.15, 0.2) is 6.10 Å². The van der Waals surface area contributed by atoms with E-state index in [0.29, 0.717) is 19.3 Å². The van der Waals surface area contributed by atoms with Gasteiger partial charge in [-0.3, -0.25) is 14.4 Å². The maximum atomic E-state index is 12.8. The molecular weight excluding hydrogens is 829 g/mol. The van der Waals surface area contributed by atoms with Crippen LogP contribution >= 0.6 is 0 Å². The van der Waals surface area contributed by atoms with Crippen LogP contribution in [0.3, 0.4) is 0 Å². The molecule has 0 aliphatic carbocycles. The number of ether oxygens (including phenoxy) is 3. The molecule has 6 heteroatoms. The average molecular weight is 929 g/mol. The number of unbranched alkanes of at least 4 members (excludes halogenated alkanes) is 23. The Hall–Kier alpha value is -3.93. The van der Waals surface area contributed by atoms with E-state index in [1.165, 1.54) is 83.5 Å². The lowest BCUT2D eigenvalue weighted by atomic mass is 10.1. The molecule has 0 bridgehead atoms. The summed E-state index contributed by atoms with van der Waals surface area (Å²) in [6.45, 7) is 6.38. The lowest BCUT2D eigenvalue weighted by Gasteiger charge is -2.18. The van der Waals surface area contributed by atoms with Gasteiger partial charge in [0.1, 0.15) is 13.2 Å². The quantitative estimate of drug-likeness (QED) is 0.0199. The second kappa shape index (κ2) is 54.7.